The fraction of sp³-hybridized carbons (Fsp3) is 0.667. The predicted molar refractivity (Wildman–Crippen MR) is 87.9 cm³/mol. The molecule has 5 nitrogen and oxygen atoms in total. The van der Waals surface area contributed by atoms with E-state index in [1.54, 1.807) is 0 Å². The molecule has 1 unspecified atom stereocenters. The number of hydrogen-bond donors (Lipinski definition) is 1. The van der Waals surface area contributed by atoms with Gasteiger partial charge in [0.15, 0.2) is 11.5 Å². The molecule has 1 aromatic rings. The highest BCUT2D eigenvalue weighted by Gasteiger charge is 2.29. The van der Waals surface area contributed by atoms with Gasteiger partial charge in [-0.2, -0.15) is 0 Å². The second-order valence-corrected chi connectivity index (χ2v) is 6.87. The highest BCUT2D eigenvalue weighted by molar-refractivity contribution is 6.03. The lowest BCUT2D eigenvalue weighted by Crippen LogP contribution is -2.43. The molecule has 1 fully saturated rings. The standard InChI is InChI=1S/C18H26N2O3/c1-12(11-20-9-4-3-5-10-20)19-18(22)17-13(2)16-14(21)7-6-8-15(16)23-17/h12H,3-11H2,1-2H3,(H,19,22). The number of furan rings is 1. The van der Waals surface area contributed by atoms with Gasteiger partial charge in [-0.25, -0.2) is 0 Å². The van der Waals surface area contributed by atoms with Gasteiger partial charge in [0.2, 0.25) is 0 Å². The fourth-order valence-electron chi connectivity index (χ4n) is 3.73. The normalized spacial score (nSPS) is 20.2. The number of nitrogens with zero attached hydrogens (tertiary/aromatic N) is 1. The van der Waals surface area contributed by atoms with E-state index < -0.39 is 0 Å². The van der Waals surface area contributed by atoms with E-state index in [-0.39, 0.29) is 17.7 Å². The van der Waals surface area contributed by atoms with Crippen molar-refractivity contribution in [3.8, 4) is 0 Å². The summed E-state index contributed by atoms with van der Waals surface area (Å²) >= 11 is 0. The summed E-state index contributed by atoms with van der Waals surface area (Å²) in [6, 6.07) is 0.0674. The minimum atomic E-state index is -0.200. The molecule has 1 atom stereocenters. The Bertz CT molecular complexity index is 600. The largest absolute Gasteiger partial charge is 0.455 e. The summed E-state index contributed by atoms with van der Waals surface area (Å²) in [4.78, 5) is 26.9. The molecule has 0 bridgehead atoms. The van der Waals surface area contributed by atoms with Crippen LogP contribution in [-0.4, -0.2) is 42.3 Å². The highest BCUT2D eigenvalue weighted by atomic mass is 16.4. The van der Waals surface area contributed by atoms with Crippen LogP contribution in [0.5, 0.6) is 0 Å². The van der Waals surface area contributed by atoms with Crippen molar-refractivity contribution in [2.75, 3.05) is 19.6 Å². The summed E-state index contributed by atoms with van der Waals surface area (Å²) in [5, 5.41) is 3.02. The molecule has 5 heteroatoms. The molecule has 1 aromatic heterocycles. The quantitative estimate of drug-likeness (QED) is 0.927. The Labute approximate surface area is 137 Å². The van der Waals surface area contributed by atoms with Crippen molar-refractivity contribution < 1.29 is 14.0 Å². The number of rotatable bonds is 4. The van der Waals surface area contributed by atoms with E-state index in [1.165, 1.54) is 19.3 Å². The summed E-state index contributed by atoms with van der Waals surface area (Å²) in [6.45, 7) is 6.93. The van der Waals surface area contributed by atoms with Gasteiger partial charge in [0.05, 0.1) is 5.56 Å². The zero-order valence-corrected chi connectivity index (χ0v) is 14.1. The van der Waals surface area contributed by atoms with E-state index in [0.29, 0.717) is 29.1 Å². The van der Waals surface area contributed by atoms with E-state index in [2.05, 4.69) is 10.2 Å². The number of ketones is 1. The number of Topliss-reactive ketones (excluding diaryl/α,β-unsaturated/α-hetero) is 1. The summed E-state index contributed by atoms with van der Waals surface area (Å²) in [5.74, 6) is 0.908. The number of piperidine rings is 1. The van der Waals surface area contributed by atoms with Crippen molar-refractivity contribution in [1.82, 2.24) is 10.2 Å². The number of carbonyl (C=O) groups excluding carboxylic acids is 2. The summed E-state index contributed by atoms with van der Waals surface area (Å²) in [7, 11) is 0. The van der Waals surface area contributed by atoms with Gasteiger partial charge in [0.25, 0.3) is 5.91 Å². The SMILES string of the molecule is Cc1c(C(=O)NC(C)CN2CCCCC2)oc2c1C(=O)CCC2. The third-order valence-corrected chi connectivity index (χ3v) is 4.87. The molecule has 0 radical (unpaired) electrons. The minimum Gasteiger partial charge on any atom is -0.455 e. The number of nitrogens with one attached hydrogen (secondary N) is 1. The Morgan fingerprint density at radius 2 is 1.96 bits per heavy atom. The Balaban J connectivity index is 1.65. The first-order valence-electron chi connectivity index (χ1n) is 8.75. The zero-order chi connectivity index (χ0) is 16.4. The zero-order valence-electron chi connectivity index (χ0n) is 14.1. The fourth-order valence-corrected chi connectivity index (χ4v) is 3.73. The summed E-state index contributed by atoms with van der Waals surface area (Å²) in [5.41, 5.74) is 1.34. The topological polar surface area (TPSA) is 62.6 Å². The van der Waals surface area contributed by atoms with E-state index in [1.807, 2.05) is 13.8 Å². The molecule has 23 heavy (non-hydrogen) atoms. The molecule has 1 amide bonds. The van der Waals surface area contributed by atoms with Gasteiger partial charge in [-0.1, -0.05) is 6.42 Å². The Kier molecular flexibility index (Phi) is 4.85. The van der Waals surface area contributed by atoms with Crippen molar-refractivity contribution >= 4 is 11.7 Å². The minimum absolute atomic E-state index is 0.0674. The highest BCUT2D eigenvalue weighted by Crippen LogP contribution is 2.29. The molecule has 2 heterocycles. The lowest BCUT2D eigenvalue weighted by molar-refractivity contribution is 0.0892. The van der Waals surface area contributed by atoms with Crippen LogP contribution in [0.3, 0.4) is 0 Å². The number of amides is 1. The van der Waals surface area contributed by atoms with E-state index in [9.17, 15) is 9.59 Å². The van der Waals surface area contributed by atoms with Crippen LogP contribution in [-0.2, 0) is 6.42 Å². The maximum atomic E-state index is 12.5. The van der Waals surface area contributed by atoms with E-state index >= 15 is 0 Å². The van der Waals surface area contributed by atoms with Crippen molar-refractivity contribution in [1.29, 1.82) is 0 Å². The van der Waals surface area contributed by atoms with Gasteiger partial charge >= 0.3 is 0 Å². The molecule has 0 saturated carbocycles. The van der Waals surface area contributed by atoms with Crippen molar-refractivity contribution in [2.24, 2.45) is 0 Å². The number of likely N-dealkylation sites (tertiary alicyclic amines) is 1. The molecule has 1 saturated heterocycles. The Hall–Kier alpha value is -1.62. The second kappa shape index (κ2) is 6.87. The van der Waals surface area contributed by atoms with Gasteiger partial charge in [0.1, 0.15) is 5.76 Å². The predicted octanol–water partition coefficient (Wildman–Crippen LogP) is 2.71. The van der Waals surface area contributed by atoms with Gasteiger partial charge < -0.3 is 14.6 Å². The third kappa shape index (κ3) is 3.50. The lowest BCUT2D eigenvalue weighted by atomic mass is 9.94. The lowest BCUT2D eigenvalue weighted by Gasteiger charge is -2.29. The third-order valence-electron chi connectivity index (χ3n) is 4.87. The smallest absolute Gasteiger partial charge is 0.287 e. The molecule has 0 aromatic carbocycles. The molecule has 1 N–H and O–H groups in total. The monoisotopic (exact) mass is 318 g/mol. The van der Waals surface area contributed by atoms with Gasteiger partial charge in [-0.05, 0) is 46.2 Å². The van der Waals surface area contributed by atoms with Crippen LogP contribution in [0.4, 0.5) is 0 Å². The van der Waals surface area contributed by atoms with Crippen molar-refractivity contribution in [3.63, 3.8) is 0 Å². The number of aryl methyl sites for hydroxylation is 1. The first-order valence-corrected chi connectivity index (χ1v) is 8.75. The van der Waals surface area contributed by atoms with Gasteiger partial charge in [-0.15, -0.1) is 0 Å². The molecule has 1 aliphatic carbocycles. The first-order chi connectivity index (χ1) is 11.1. The average molecular weight is 318 g/mol. The molecular weight excluding hydrogens is 292 g/mol. The maximum absolute atomic E-state index is 12.5. The number of carbonyl (C=O) groups is 2. The first kappa shape index (κ1) is 16.2. The van der Waals surface area contributed by atoms with Crippen LogP contribution >= 0.6 is 0 Å². The van der Waals surface area contributed by atoms with Crippen LogP contribution in [0.15, 0.2) is 4.42 Å². The number of fused-ring (bicyclic) bond motifs is 1. The average Bonchev–Trinajstić information content (AvgIpc) is 2.86. The Morgan fingerprint density at radius 3 is 2.65 bits per heavy atom. The van der Waals surface area contributed by atoms with Gasteiger partial charge in [-0.3, -0.25) is 9.59 Å². The van der Waals surface area contributed by atoms with Crippen LogP contribution in [0.2, 0.25) is 0 Å². The Morgan fingerprint density at radius 1 is 1.22 bits per heavy atom. The van der Waals surface area contributed by atoms with Crippen LogP contribution in [0, 0.1) is 6.92 Å². The summed E-state index contributed by atoms with van der Waals surface area (Å²) < 4.78 is 5.71. The van der Waals surface area contributed by atoms with Crippen LogP contribution < -0.4 is 5.32 Å². The molecule has 2 aliphatic rings. The maximum Gasteiger partial charge on any atom is 0.287 e. The molecule has 0 spiro atoms. The molecular formula is C18H26N2O3. The van der Waals surface area contributed by atoms with Crippen molar-refractivity contribution in [2.45, 2.75) is 58.4 Å². The van der Waals surface area contributed by atoms with Crippen LogP contribution in [0.25, 0.3) is 0 Å². The van der Waals surface area contributed by atoms with E-state index in [0.717, 1.165) is 32.5 Å². The molecule has 3 rings (SSSR count). The number of hydrogen-bond acceptors (Lipinski definition) is 4. The van der Waals surface area contributed by atoms with E-state index in [4.69, 9.17) is 4.42 Å². The second-order valence-electron chi connectivity index (χ2n) is 6.87. The van der Waals surface area contributed by atoms with Crippen molar-refractivity contribution in [3.05, 3.63) is 22.6 Å². The molecule has 126 valence electrons. The van der Waals surface area contributed by atoms with Crippen LogP contribution in [0.1, 0.15) is 71.3 Å². The molecule has 1 aliphatic heterocycles. The summed E-state index contributed by atoms with van der Waals surface area (Å²) in [6.07, 6.45) is 5.91. The van der Waals surface area contributed by atoms with Gasteiger partial charge in [0, 0.05) is 31.0 Å².